The Labute approximate surface area is 118 Å². The number of anilines is 2. The van der Waals surface area contributed by atoms with Crippen LogP contribution in [0.5, 0.6) is 0 Å². The maximum absolute atomic E-state index is 5.42. The molecule has 0 amide bonds. The zero-order chi connectivity index (χ0) is 14.5. The van der Waals surface area contributed by atoms with Crippen molar-refractivity contribution in [2.24, 2.45) is 11.8 Å². The zero-order valence-electron chi connectivity index (χ0n) is 12.0. The van der Waals surface area contributed by atoms with Gasteiger partial charge in [-0.1, -0.05) is 13.8 Å². The van der Waals surface area contributed by atoms with Crippen LogP contribution in [-0.2, 0) is 0 Å². The standard InChI is InChI=1S/C12H20N8/c1-9(2)4-6-19(3)11-15-10(18-13)16-12(17-11)20-7-5-14-8-20/h5,7-9H,4,6,13H2,1-3H3,(H,15,16,17,18). The predicted octanol–water partition coefficient (Wildman–Crippen LogP) is 0.825. The van der Waals surface area contributed by atoms with Gasteiger partial charge in [0.15, 0.2) is 0 Å². The third kappa shape index (κ3) is 3.41. The van der Waals surface area contributed by atoms with Crippen molar-refractivity contribution in [2.75, 3.05) is 23.9 Å². The van der Waals surface area contributed by atoms with E-state index in [-0.39, 0.29) is 0 Å². The molecule has 0 atom stereocenters. The van der Waals surface area contributed by atoms with Gasteiger partial charge in [-0.25, -0.2) is 10.8 Å². The van der Waals surface area contributed by atoms with E-state index in [9.17, 15) is 0 Å². The number of nitrogens with one attached hydrogen (secondary N) is 1. The topological polar surface area (TPSA) is 97.8 Å². The lowest BCUT2D eigenvalue weighted by Gasteiger charge is -2.19. The summed E-state index contributed by atoms with van der Waals surface area (Å²) in [5, 5.41) is 0. The highest BCUT2D eigenvalue weighted by molar-refractivity contribution is 5.38. The van der Waals surface area contributed by atoms with Gasteiger partial charge in [-0.15, -0.1) is 0 Å². The van der Waals surface area contributed by atoms with E-state index in [4.69, 9.17) is 5.84 Å². The number of aromatic nitrogens is 5. The molecule has 0 spiro atoms. The second-order valence-electron chi connectivity index (χ2n) is 4.98. The van der Waals surface area contributed by atoms with Gasteiger partial charge in [0.1, 0.15) is 6.33 Å². The second-order valence-corrected chi connectivity index (χ2v) is 4.98. The van der Waals surface area contributed by atoms with Gasteiger partial charge in [-0.2, -0.15) is 15.0 Å². The normalized spacial score (nSPS) is 10.8. The first kappa shape index (κ1) is 14.2. The molecule has 2 rings (SSSR count). The van der Waals surface area contributed by atoms with Crippen LogP contribution in [0.1, 0.15) is 20.3 Å². The molecule has 3 N–H and O–H groups in total. The zero-order valence-corrected chi connectivity index (χ0v) is 12.0. The highest BCUT2D eigenvalue weighted by Gasteiger charge is 2.11. The van der Waals surface area contributed by atoms with Gasteiger partial charge >= 0.3 is 0 Å². The SMILES string of the molecule is CC(C)CCN(C)c1nc(NN)nc(-n2ccnc2)n1. The Kier molecular flexibility index (Phi) is 4.46. The van der Waals surface area contributed by atoms with E-state index in [0.717, 1.165) is 13.0 Å². The fraction of sp³-hybridized carbons (Fsp3) is 0.500. The minimum Gasteiger partial charge on any atom is -0.344 e. The average molecular weight is 276 g/mol. The number of nitrogen functional groups attached to an aromatic ring is 1. The summed E-state index contributed by atoms with van der Waals surface area (Å²) >= 11 is 0. The largest absolute Gasteiger partial charge is 0.344 e. The monoisotopic (exact) mass is 276 g/mol. The van der Waals surface area contributed by atoms with Crippen molar-refractivity contribution in [3.63, 3.8) is 0 Å². The van der Waals surface area contributed by atoms with E-state index in [0.29, 0.717) is 23.8 Å². The first-order chi connectivity index (χ1) is 9.60. The molecule has 2 aromatic rings. The third-order valence-corrected chi connectivity index (χ3v) is 2.86. The molecule has 0 aliphatic heterocycles. The smallest absolute Gasteiger partial charge is 0.243 e. The summed E-state index contributed by atoms with van der Waals surface area (Å²) < 4.78 is 1.71. The van der Waals surface area contributed by atoms with Gasteiger partial charge < -0.3 is 4.90 Å². The van der Waals surface area contributed by atoms with Crippen LogP contribution in [0.4, 0.5) is 11.9 Å². The highest BCUT2D eigenvalue weighted by Crippen LogP contribution is 2.13. The molecule has 0 fully saturated rings. The molecule has 0 unspecified atom stereocenters. The van der Waals surface area contributed by atoms with E-state index < -0.39 is 0 Å². The van der Waals surface area contributed by atoms with Crippen molar-refractivity contribution >= 4 is 11.9 Å². The quantitative estimate of drug-likeness (QED) is 0.595. The first-order valence-electron chi connectivity index (χ1n) is 6.52. The van der Waals surface area contributed by atoms with Crippen molar-refractivity contribution in [1.29, 1.82) is 0 Å². The van der Waals surface area contributed by atoms with Crippen LogP contribution in [-0.4, -0.2) is 38.1 Å². The second kappa shape index (κ2) is 6.29. The van der Waals surface area contributed by atoms with Crippen LogP contribution >= 0.6 is 0 Å². The molecule has 108 valence electrons. The van der Waals surface area contributed by atoms with E-state index in [1.165, 1.54) is 0 Å². The van der Waals surface area contributed by atoms with E-state index in [2.05, 4.69) is 39.2 Å². The summed E-state index contributed by atoms with van der Waals surface area (Å²) in [6.07, 6.45) is 6.14. The van der Waals surface area contributed by atoms with Crippen molar-refractivity contribution in [3.8, 4) is 5.95 Å². The van der Waals surface area contributed by atoms with Crippen LogP contribution in [0.2, 0.25) is 0 Å². The van der Waals surface area contributed by atoms with Crippen LogP contribution in [0.25, 0.3) is 5.95 Å². The Balaban J connectivity index is 2.26. The Morgan fingerprint density at radius 1 is 1.35 bits per heavy atom. The number of nitrogens with zero attached hydrogens (tertiary/aromatic N) is 6. The number of nitrogens with two attached hydrogens (primary N) is 1. The molecule has 2 heterocycles. The predicted molar refractivity (Wildman–Crippen MR) is 77.5 cm³/mol. The van der Waals surface area contributed by atoms with Crippen LogP contribution < -0.4 is 16.2 Å². The Hall–Kier alpha value is -2.22. The molecule has 8 nitrogen and oxygen atoms in total. The molecule has 0 aliphatic carbocycles. The van der Waals surface area contributed by atoms with Crippen molar-refractivity contribution < 1.29 is 0 Å². The van der Waals surface area contributed by atoms with Crippen molar-refractivity contribution in [1.82, 2.24) is 24.5 Å². The number of hydrazine groups is 1. The Morgan fingerprint density at radius 2 is 2.15 bits per heavy atom. The number of hydrogen-bond donors (Lipinski definition) is 2. The molecule has 0 bridgehead atoms. The number of rotatable bonds is 6. The van der Waals surface area contributed by atoms with Gasteiger partial charge in [-0.05, 0) is 12.3 Å². The van der Waals surface area contributed by atoms with E-state index in [1.807, 2.05) is 11.9 Å². The molecule has 0 saturated heterocycles. The lowest BCUT2D eigenvalue weighted by atomic mass is 10.1. The number of hydrogen-bond acceptors (Lipinski definition) is 7. The van der Waals surface area contributed by atoms with Crippen LogP contribution in [0.15, 0.2) is 18.7 Å². The number of imidazole rings is 1. The summed E-state index contributed by atoms with van der Waals surface area (Å²) in [6.45, 7) is 5.24. The van der Waals surface area contributed by atoms with Gasteiger partial charge in [-0.3, -0.25) is 9.99 Å². The summed E-state index contributed by atoms with van der Waals surface area (Å²) in [5.74, 6) is 7.43. The van der Waals surface area contributed by atoms with E-state index in [1.54, 1.807) is 23.3 Å². The fourth-order valence-electron chi connectivity index (χ4n) is 1.63. The fourth-order valence-corrected chi connectivity index (χ4v) is 1.63. The van der Waals surface area contributed by atoms with Crippen molar-refractivity contribution in [3.05, 3.63) is 18.7 Å². The maximum Gasteiger partial charge on any atom is 0.243 e. The van der Waals surface area contributed by atoms with E-state index >= 15 is 0 Å². The highest BCUT2D eigenvalue weighted by atomic mass is 15.4. The molecule has 0 aromatic carbocycles. The summed E-state index contributed by atoms with van der Waals surface area (Å²) in [7, 11) is 1.95. The third-order valence-electron chi connectivity index (χ3n) is 2.86. The van der Waals surface area contributed by atoms with Crippen LogP contribution in [0.3, 0.4) is 0 Å². The molecule has 8 heteroatoms. The average Bonchev–Trinajstić information content (AvgIpc) is 2.98. The van der Waals surface area contributed by atoms with Gasteiger partial charge in [0.05, 0.1) is 0 Å². The summed E-state index contributed by atoms with van der Waals surface area (Å²) in [4.78, 5) is 18.9. The molecule has 20 heavy (non-hydrogen) atoms. The van der Waals surface area contributed by atoms with Gasteiger partial charge in [0, 0.05) is 26.0 Å². The van der Waals surface area contributed by atoms with Gasteiger partial charge in [0.25, 0.3) is 0 Å². The summed E-state index contributed by atoms with van der Waals surface area (Å²) in [6, 6.07) is 0. The molecular weight excluding hydrogens is 256 g/mol. The lowest BCUT2D eigenvalue weighted by molar-refractivity contribution is 0.581. The van der Waals surface area contributed by atoms with Crippen LogP contribution in [0, 0.1) is 5.92 Å². The minimum atomic E-state index is 0.329. The molecule has 0 radical (unpaired) electrons. The minimum absolute atomic E-state index is 0.329. The maximum atomic E-state index is 5.42. The van der Waals surface area contributed by atoms with Crippen molar-refractivity contribution in [2.45, 2.75) is 20.3 Å². The molecule has 0 saturated carbocycles. The molecular formula is C12H20N8. The molecule has 2 aromatic heterocycles. The Bertz CT molecular complexity index is 536. The van der Waals surface area contributed by atoms with Gasteiger partial charge in [0.2, 0.25) is 17.8 Å². The lowest BCUT2D eigenvalue weighted by Crippen LogP contribution is -2.24. The molecule has 0 aliphatic rings. The summed E-state index contributed by atoms with van der Waals surface area (Å²) in [5.41, 5.74) is 2.47. The first-order valence-corrected chi connectivity index (χ1v) is 6.52. The Morgan fingerprint density at radius 3 is 2.75 bits per heavy atom.